The van der Waals surface area contributed by atoms with Gasteiger partial charge in [-0.3, -0.25) is 4.79 Å². The van der Waals surface area contributed by atoms with Gasteiger partial charge < -0.3 is 20.9 Å². The molecule has 1 heterocycles. The van der Waals surface area contributed by atoms with E-state index in [2.05, 4.69) is 29.2 Å². The van der Waals surface area contributed by atoms with Crippen molar-refractivity contribution in [2.24, 2.45) is 11.7 Å². The van der Waals surface area contributed by atoms with Gasteiger partial charge in [0, 0.05) is 25.7 Å². The molecule has 1 aliphatic heterocycles. The van der Waals surface area contributed by atoms with E-state index in [1.807, 2.05) is 0 Å². The SMILES string of the molecule is CN1CCC(CN(C)CC(NC2CC2)C(N)=O)C1. The standard InChI is InChI=1S/C13H26N4O/c1-16-6-5-10(7-16)8-17(2)9-12(13(14)18)15-11-3-4-11/h10-12,15H,3-9H2,1-2H3,(H2,14,18). The maximum Gasteiger partial charge on any atom is 0.235 e. The van der Waals surface area contributed by atoms with Crippen LogP contribution in [0.25, 0.3) is 0 Å². The predicted molar refractivity (Wildman–Crippen MR) is 72.2 cm³/mol. The molecule has 1 saturated heterocycles. The number of primary amides is 1. The Hall–Kier alpha value is -0.650. The second-order valence-corrected chi connectivity index (χ2v) is 6.03. The number of carbonyl (C=O) groups is 1. The van der Waals surface area contributed by atoms with Crippen molar-refractivity contribution in [3.05, 3.63) is 0 Å². The van der Waals surface area contributed by atoms with Crippen molar-refractivity contribution in [3.8, 4) is 0 Å². The van der Waals surface area contributed by atoms with E-state index in [-0.39, 0.29) is 11.9 Å². The van der Waals surface area contributed by atoms with Crippen LogP contribution in [-0.2, 0) is 4.79 Å². The second kappa shape index (κ2) is 5.99. The molecule has 104 valence electrons. The number of likely N-dealkylation sites (tertiary alicyclic amines) is 1. The van der Waals surface area contributed by atoms with Crippen molar-refractivity contribution in [1.82, 2.24) is 15.1 Å². The van der Waals surface area contributed by atoms with Gasteiger partial charge in [0.1, 0.15) is 0 Å². The molecule has 1 aliphatic carbocycles. The summed E-state index contributed by atoms with van der Waals surface area (Å²) in [5.41, 5.74) is 5.45. The summed E-state index contributed by atoms with van der Waals surface area (Å²) in [6.45, 7) is 4.15. The fourth-order valence-electron chi connectivity index (χ4n) is 2.76. The van der Waals surface area contributed by atoms with Crippen molar-refractivity contribution in [2.45, 2.75) is 31.3 Å². The predicted octanol–water partition coefficient (Wildman–Crippen LogP) is -0.524. The molecule has 1 saturated carbocycles. The monoisotopic (exact) mass is 254 g/mol. The van der Waals surface area contributed by atoms with E-state index >= 15 is 0 Å². The number of hydrogen-bond acceptors (Lipinski definition) is 4. The molecule has 1 amide bonds. The third-order valence-electron chi connectivity index (χ3n) is 3.91. The summed E-state index contributed by atoms with van der Waals surface area (Å²) < 4.78 is 0. The first kappa shape index (κ1) is 13.8. The summed E-state index contributed by atoms with van der Waals surface area (Å²) in [5, 5.41) is 3.33. The van der Waals surface area contributed by atoms with E-state index in [1.54, 1.807) is 0 Å². The van der Waals surface area contributed by atoms with Crippen LogP contribution < -0.4 is 11.1 Å². The zero-order valence-corrected chi connectivity index (χ0v) is 11.6. The average Bonchev–Trinajstić information content (AvgIpc) is 3.01. The topological polar surface area (TPSA) is 61.6 Å². The fraction of sp³-hybridized carbons (Fsp3) is 0.923. The molecule has 5 nitrogen and oxygen atoms in total. The van der Waals surface area contributed by atoms with Gasteiger partial charge in [-0.25, -0.2) is 0 Å². The lowest BCUT2D eigenvalue weighted by molar-refractivity contribution is -0.120. The third kappa shape index (κ3) is 4.23. The largest absolute Gasteiger partial charge is 0.368 e. The Bertz CT molecular complexity index is 293. The van der Waals surface area contributed by atoms with E-state index in [9.17, 15) is 4.79 Å². The zero-order chi connectivity index (χ0) is 13.1. The Morgan fingerprint density at radius 1 is 1.50 bits per heavy atom. The highest BCUT2D eigenvalue weighted by atomic mass is 16.1. The minimum Gasteiger partial charge on any atom is -0.368 e. The molecule has 5 heteroatoms. The van der Waals surface area contributed by atoms with E-state index < -0.39 is 0 Å². The fourth-order valence-corrected chi connectivity index (χ4v) is 2.76. The number of amides is 1. The number of nitrogens with two attached hydrogens (primary N) is 1. The summed E-state index contributed by atoms with van der Waals surface area (Å²) in [6, 6.07) is 0.329. The smallest absolute Gasteiger partial charge is 0.235 e. The van der Waals surface area contributed by atoms with Gasteiger partial charge in [0.15, 0.2) is 0 Å². The third-order valence-corrected chi connectivity index (χ3v) is 3.91. The van der Waals surface area contributed by atoms with Crippen LogP contribution in [0.1, 0.15) is 19.3 Å². The van der Waals surface area contributed by atoms with Crippen LogP contribution in [0.2, 0.25) is 0 Å². The lowest BCUT2D eigenvalue weighted by Crippen LogP contribution is -2.49. The van der Waals surface area contributed by atoms with Crippen molar-refractivity contribution in [1.29, 1.82) is 0 Å². The summed E-state index contributed by atoms with van der Waals surface area (Å²) in [7, 11) is 4.25. The number of hydrogen-bond donors (Lipinski definition) is 2. The van der Waals surface area contributed by atoms with Gasteiger partial charge in [-0.2, -0.15) is 0 Å². The molecule has 2 aliphatic rings. The van der Waals surface area contributed by atoms with Gasteiger partial charge in [0.2, 0.25) is 5.91 Å². The van der Waals surface area contributed by atoms with Crippen LogP contribution in [0.15, 0.2) is 0 Å². The molecule has 0 aromatic rings. The molecule has 2 unspecified atom stereocenters. The summed E-state index contributed by atoms with van der Waals surface area (Å²) in [4.78, 5) is 16.0. The van der Waals surface area contributed by atoms with Gasteiger partial charge in [0.05, 0.1) is 6.04 Å². The highest BCUT2D eigenvalue weighted by Crippen LogP contribution is 2.20. The minimum atomic E-state index is -0.225. The Morgan fingerprint density at radius 3 is 2.72 bits per heavy atom. The molecule has 0 bridgehead atoms. The van der Waals surface area contributed by atoms with Crippen molar-refractivity contribution >= 4 is 5.91 Å². The lowest BCUT2D eigenvalue weighted by atomic mass is 10.1. The summed E-state index contributed by atoms with van der Waals surface area (Å²) >= 11 is 0. The van der Waals surface area contributed by atoms with Crippen LogP contribution in [0, 0.1) is 5.92 Å². The molecule has 3 N–H and O–H groups in total. The Kier molecular flexibility index (Phi) is 4.59. The maximum absolute atomic E-state index is 11.4. The first-order valence-corrected chi connectivity index (χ1v) is 6.97. The Labute approximate surface area is 110 Å². The number of likely N-dealkylation sites (N-methyl/N-ethyl adjacent to an activating group) is 1. The summed E-state index contributed by atoms with van der Waals surface area (Å²) in [6.07, 6.45) is 3.62. The molecule has 18 heavy (non-hydrogen) atoms. The second-order valence-electron chi connectivity index (χ2n) is 6.03. The van der Waals surface area contributed by atoms with Gasteiger partial charge in [0.25, 0.3) is 0 Å². The number of nitrogens with zero attached hydrogens (tertiary/aromatic N) is 2. The summed E-state index contributed by atoms with van der Waals surface area (Å²) in [5.74, 6) is 0.506. The van der Waals surface area contributed by atoms with E-state index in [1.165, 1.54) is 32.4 Å². The van der Waals surface area contributed by atoms with E-state index in [4.69, 9.17) is 5.73 Å². The number of rotatable bonds is 7. The van der Waals surface area contributed by atoms with Gasteiger partial charge in [-0.1, -0.05) is 0 Å². The van der Waals surface area contributed by atoms with Gasteiger partial charge >= 0.3 is 0 Å². The molecule has 0 aromatic carbocycles. The van der Waals surface area contributed by atoms with Crippen molar-refractivity contribution < 1.29 is 4.79 Å². The van der Waals surface area contributed by atoms with Crippen molar-refractivity contribution in [3.63, 3.8) is 0 Å². The number of carbonyl (C=O) groups excluding carboxylic acids is 1. The Morgan fingerprint density at radius 2 is 2.22 bits per heavy atom. The molecular weight excluding hydrogens is 228 g/mol. The van der Waals surface area contributed by atoms with Gasteiger partial charge in [-0.05, 0) is 45.8 Å². The highest BCUT2D eigenvalue weighted by molar-refractivity contribution is 5.80. The first-order chi connectivity index (χ1) is 8.54. The molecule has 2 fully saturated rings. The maximum atomic E-state index is 11.4. The van der Waals surface area contributed by atoms with E-state index in [0.29, 0.717) is 6.04 Å². The van der Waals surface area contributed by atoms with Gasteiger partial charge in [-0.15, -0.1) is 0 Å². The molecular formula is C13H26N4O. The lowest BCUT2D eigenvalue weighted by Gasteiger charge is -2.25. The molecule has 2 atom stereocenters. The Balaban J connectivity index is 1.73. The zero-order valence-electron chi connectivity index (χ0n) is 11.6. The highest BCUT2D eigenvalue weighted by Gasteiger charge is 2.28. The number of nitrogens with one attached hydrogen (secondary N) is 1. The van der Waals surface area contributed by atoms with Crippen LogP contribution >= 0.6 is 0 Å². The minimum absolute atomic E-state index is 0.193. The normalized spacial score (nSPS) is 26.7. The molecule has 0 spiro atoms. The van der Waals surface area contributed by atoms with E-state index in [0.717, 1.165) is 19.0 Å². The average molecular weight is 254 g/mol. The van der Waals surface area contributed by atoms with Crippen molar-refractivity contribution in [2.75, 3.05) is 40.3 Å². The quantitative estimate of drug-likeness (QED) is 0.641. The van der Waals surface area contributed by atoms with Crippen LogP contribution in [0.3, 0.4) is 0 Å². The van der Waals surface area contributed by atoms with Crippen LogP contribution in [0.5, 0.6) is 0 Å². The molecule has 0 aromatic heterocycles. The van der Waals surface area contributed by atoms with Crippen LogP contribution in [0.4, 0.5) is 0 Å². The first-order valence-electron chi connectivity index (χ1n) is 6.97. The van der Waals surface area contributed by atoms with Crippen LogP contribution in [-0.4, -0.2) is 68.1 Å². The molecule has 2 rings (SSSR count). The molecule has 0 radical (unpaired) electrons.